The minimum absolute atomic E-state index is 0.00660. The predicted octanol–water partition coefficient (Wildman–Crippen LogP) is 4.86. The number of anilines is 2. The Balaban J connectivity index is 1.68. The molecule has 2 aromatic rings. The Morgan fingerprint density at radius 3 is 2.50 bits per heavy atom. The third-order valence-corrected chi connectivity index (χ3v) is 8.00. The van der Waals surface area contributed by atoms with E-state index in [1.165, 1.54) is 18.2 Å². The van der Waals surface area contributed by atoms with E-state index in [1.807, 2.05) is 0 Å². The molecule has 3 aliphatic heterocycles. The summed E-state index contributed by atoms with van der Waals surface area (Å²) in [6.07, 6.45) is -5.67. The first-order chi connectivity index (χ1) is 17.6. The number of aliphatic carboxylic acids is 1. The number of nitrogens with one attached hydrogen (secondary N) is 1. The lowest BCUT2D eigenvalue weighted by molar-refractivity contribution is -0.153. The Bertz CT molecular complexity index is 1390. The van der Waals surface area contributed by atoms with Crippen LogP contribution in [-0.4, -0.2) is 53.3 Å². The van der Waals surface area contributed by atoms with Crippen LogP contribution >= 0.6 is 23.2 Å². The summed E-state index contributed by atoms with van der Waals surface area (Å²) in [5, 5.41) is 12.8. The molecule has 0 bridgehead atoms. The van der Waals surface area contributed by atoms with Crippen molar-refractivity contribution in [3.8, 4) is 0 Å². The first-order valence-electron chi connectivity index (χ1n) is 11.2. The molecule has 3 heterocycles. The molecule has 0 saturated carbocycles. The van der Waals surface area contributed by atoms with Gasteiger partial charge in [0.2, 0.25) is 5.91 Å². The number of alkyl halides is 5. The number of carbonyl (C=O) groups is 3. The molecule has 2 fully saturated rings. The lowest BCUT2D eigenvalue weighted by atomic mass is 9.73. The molecular formula is C24H18Cl2F5N3O4. The van der Waals surface area contributed by atoms with E-state index in [0.29, 0.717) is 6.07 Å². The van der Waals surface area contributed by atoms with Crippen molar-refractivity contribution in [3.05, 3.63) is 57.6 Å². The smallest absolute Gasteiger partial charge is 0.416 e. The zero-order chi connectivity index (χ0) is 27.9. The van der Waals surface area contributed by atoms with Crippen molar-refractivity contribution in [2.75, 3.05) is 23.8 Å². The minimum atomic E-state index is -4.73. The van der Waals surface area contributed by atoms with Crippen LogP contribution in [0.4, 0.5) is 33.3 Å². The number of hydrogen-bond acceptors (Lipinski definition) is 4. The van der Waals surface area contributed by atoms with E-state index in [0.717, 1.165) is 29.0 Å². The molecule has 4 atom stereocenters. The maximum atomic E-state index is 14.8. The van der Waals surface area contributed by atoms with E-state index in [9.17, 15) is 41.4 Å². The molecule has 3 aliphatic rings. The summed E-state index contributed by atoms with van der Waals surface area (Å²) in [6, 6.07) is 4.84. The normalized spacial score (nSPS) is 27.8. The van der Waals surface area contributed by atoms with Gasteiger partial charge in [-0.3, -0.25) is 19.3 Å². The molecule has 2 aromatic carbocycles. The summed E-state index contributed by atoms with van der Waals surface area (Å²) >= 11 is 12.4. The van der Waals surface area contributed by atoms with Gasteiger partial charge in [0.25, 0.3) is 11.8 Å². The molecule has 1 unspecified atom stereocenters. The van der Waals surface area contributed by atoms with E-state index < -0.39 is 71.8 Å². The van der Waals surface area contributed by atoms with E-state index in [2.05, 4.69) is 5.32 Å². The van der Waals surface area contributed by atoms with Crippen LogP contribution < -0.4 is 10.2 Å². The van der Waals surface area contributed by atoms with Gasteiger partial charge in [-0.15, -0.1) is 0 Å². The highest BCUT2D eigenvalue weighted by atomic mass is 35.5. The van der Waals surface area contributed by atoms with Crippen molar-refractivity contribution in [1.82, 2.24) is 4.90 Å². The summed E-state index contributed by atoms with van der Waals surface area (Å²) in [6.45, 7) is -1.03. The first-order valence-corrected chi connectivity index (χ1v) is 12.0. The van der Waals surface area contributed by atoms with Crippen LogP contribution in [0, 0.1) is 11.8 Å². The Kier molecular flexibility index (Phi) is 5.97. The van der Waals surface area contributed by atoms with E-state index >= 15 is 0 Å². The van der Waals surface area contributed by atoms with Crippen LogP contribution in [0.2, 0.25) is 10.0 Å². The van der Waals surface area contributed by atoms with Gasteiger partial charge in [0, 0.05) is 35.8 Å². The number of rotatable bonds is 3. The molecule has 0 radical (unpaired) electrons. The third kappa shape index (κ3) is 3.76. The maximum absolute atomic E-state index is 14.8. The molecule has 5 rings (SSSR count). The van der Waals surface area contributed by atoms with Crippen molar-refractivity contribution < 1.29 is 41.4 Å². The van der Waals surface area contributed by atoms with Crippen molar-refractivity contribution in [3.63, 3.8) is 0 Å². The van der Waals surface area contributed by atoms with Crippen molar-refractivity contribution in [1.29, 1.82) is 0 Å². The monoisotopic (exact) mass is 577 g/mol. The molecule has 38 heavy (non-hydrogen) atoms. The standard InChI is InChI=1S/C24H18Cl2F5N3O4/c1-33(12-4-2-3-10(5-12)24(29,30)31)19(35)16-15-8-22(27,28)9-34(15)23(17(16)20(36)37)13-6-11(25)7-14(26)18(13)32-21(23)38/h2-7,15-17H,8-9H2,1H3,(H,32,38)(H,36,37)/t15-,16+,17?,23+/m1/s1. The first kappa shape index (κ1) is 26.6. The number of benzene rings is 2. The minimum Gasteiger partial charge on any atom is -0.481 e. The highest BCUT2D eigenvalue weighted by molar-refractivity contribution is 6.38. The largest absolute Gasteiger partial charge is 0.481 e. The zero-order valence-electron chi connectivity index (χ0n) is 19.3. The van der Waals surface area contributed by atoms with Gasteiger partial charge in [-0.25, -0.2) is 8.78 Å². The molecule has 7 nitrogen and oxygen atoms in total. The predicted molar refractivity (Wildman–Crippen MR) is 126 cm³/mol. The van der Waals surface area contributed by atoms with Gasteiger partial charge in [0.15, 0.2) is 0 Å². The number of nitrogens with zero attached hydrogens (tertiary/aromatic N) is 2. The zero-order valence-corrected chi connectivity index (χ0v) is 20.8. The molecule has 202 valence electrons. The molecule has 0 aliphatic carbocycles. The van der Waals surface area contributed by atoms with Gasteiger partial charge in [0.05, 0.1) is 28.7 Å². The number of halogens is 7. The van der Waals surface area contributed by atoms with Crippen molar-refractivity contribution >= 4 is 52.4 Å². The number of amides is 2. The van der Waals surface area contributed by atoms with Crippen LogP contribution in [-0.2, 0) is 26.1 Å². The van der Waals surface area contributed by atoms with Crippen molar-refractivity contribution in [2.24, 2.45) is 11.8 Å². The van der Waals surface area contributed by atoms with Crippen LogP contribution in [0.15, 0.2) is 36.4 Å². The lowest BCUT2D eigenvalue weighted by Gasteiger charge is -2.36. The number of carbonyl (C=O) groups excluding carboxylic acids is 2. The van der Waals surface area contributed by atoms with Crippen molar-refractivity contribution in [2.45, 2.75) is 30.1 Å². The lowest BCUT2D eigenvalue weighted by Crippen LogP contribution is -2.54. The van der Waals surface area contributed by atoms with Crippen LogP contribution in [0.1, 0.15) is 17.5 Å². The van der Waals surface area contributed by atoms with Gasteiger partial charge < -0.3 is 15.3 Å². The summed E-state index contributed by atoms with van der Waals surface area (Å²) in [5.74, 6) is -10.6. The Labute approximate surface area is 222 Å². The molecule has 1 spiro atoms. The van der Waals surface area contributed by atoms with Crippen LogP contribution in [0.3, 0.4) is 0 Å². The Morgan fingerprint density at radius 1 is 1.18 bits per heavy atom. The number of hydrogen-bond donors (Lipinski definition) is 2. The molecule has 2 amide bonds. The Morgan fingerprint density at radius 2 is 1.87 bits per heavy atom. The molecule has 14 heteroatoms. The van der Waals surface area contributed by atoms with Gasteiger partial charge in [-0.05, 0) is 30.3 Å². The quantitative estimate of drug-likeness (QED) is 0.508. The summed E-state index contributed by atoms with van der Waals surface area (Å²) < 4.78 is 69.5. The Hall–Kier alpha value is -2.96. The fourth-order valence-electron chi connectivity index (χ4n) is 6.02. The fourth-order valence-corrected chi connectivity index (χ4v) is 6.56. The number of carboxylic acids is 1. The van der Waals surface area contributed by atoms with Crippen LogP contribution in [0.5, 0.6) is 0 Å². The molecule has 2 N–H and O–H groups in total. The van der Waals surface area contributed by atoms with E-state index in [-0.39, 0.29) is 27.0 Å². The molecular weight excluding hydrogens is 560 g/mol. The average molecular weight is 578 g/mol. The van der Waals surface area contributed by atoms with Gasteiger partial charge in [-0.2, -0.15) is 13.2 Å². The van der Waals surface area contributed by atoms with Gasteiger partial charge in [-0.1, -0.05) is 29.3 Å². The van der Waals surface area contributed by atoms with Gasteiger partial charge in [0.1, 0.15) is 11.5 Å². The summed E-state index contributed by atoms with van der Waals surface area (Å²) in [5.41, 5.74) is -3.63. The second-order valence-electron chi connectivity index (χ2n) is 9.57. The molecule has 2 saturated heterocycles. The third-order valence-electron chi connectivity index (χ3n) is 7.48. The average Bonchev–Trinajstić information content (AvgIpc) is 3.38. The van der Waals surface area contributed by atoms with Crippen LogP contribution in [0.25, 0.3) is 0 Å². The second-order valence-corrected chi connectivity index (χ2v) is 10.4. The summed E-state index contributed by atoms with van der Waals surface area (Å²) in [4.78, 5) is 41.9. The second kappa shape index (κ2) is 8.52. The molecule has 0 aromatic heterocycles. The number of carboxylic acid groups (broad SMARTS) is 1. The number of fused-ring (bicyclic) bond motifs is 4. The van der Waals surface area contributed by atoms with E-state index in [1.54, 1.807) is 0 Å². The topological polar surface area (TPSA) is 90.0 Å². The fraction of sp³-hybridized carbons (Fsp3) is 0.375. The maximum Gasteiger partial charge on any atom is 0.416 e. The van der Waals surface area contributed by atoms with E-state index in [4.69, 9.17) is 23.2 Å². The SMILES string of the molecule is CN(C(=O)[C@@H]1C(C(=O)O)[C@@]2(C(=O)Nc3c(Cl)cc(Cl)cc32)N2CC(F)(F)C[C@H]12)c1cccc(C(F)(F)F)c1. The summed E-state index contributed by atoms with van der Waals surface area (Å²) in [7, 11) is 1.12. The highest BCUT2D eigenvalue weighted by Gasteiger charge is 2.74. The highest BCUT2D eigenvalue weighted by Crippen LogP contribution is 2.61. The van der Waals surface area contributed by atoms with Gasteiger partial charge >= 0.3 is 12.1 Å².